The largest absolute Gasteiger partial charge is 0.497 e. The fraction of sp³-hybridized carbons (Fsp3) is 0.316. The van der Waals surface area contributed by atoms with Crippen LogP contribution in [0.3, 0.4) is 0 Å². The molecule has 2 rings (SSSR count). The molecular weight excluding hydrogens is 302 g/mol. The Bertz CT molecular complexity index is 669. The van der Waals surface area contributed by atoms with Crippen molar-refractivity contribution in [2.75, 3.05) is 33.2 Å². The van der Waals surface area contributed by atoms with Crippen LogP contribution in [0.1, 0.15) is 11.1 Å². The van der Waals surface area contributed by atoms with Crippen molar-refractivity contribution in [2.45, 2.75) is 13.1 Å². The molecule has 0 bridgehead atoms. The van der Waals surface area contributed by atoms with Crippen molar-refractivity contribution >= 4 is 11.7 Å². The number of anilines is 1. The van der Waals surface area contributed by atoms with Gasteiger partial charge in [0.15, 0.2) is 0 Å². The van der Waals surface area contributed by atoms with E-state index in [1.807, 2.05) is 61.5 Å². The second-order valence-electron chi connectivity index (χ2n) is 5.93. The second kappa shape index (κ2) is 8.24. The van der Waals surface area contributed by atoms with Crippen LogP contribution >= 0.6 is 0 Å². The Labute approximate surface area is 143 Å². The van der Waals surface area contributed by atoms with Crippen molar-refractivity contribution in [3.8, 4) is 5.75 Å². The number of urea groups is 1. The molecule has 0 radical (unpaired) electrons. The zero-order valence-corrected chi connectivity index (χ0v) is 14.7. The van der Waals surface area contributed by atoms with E-state index in [-0.39, 0.29) is 6.03 Å². The van der Waals surface area contributed by atoms with Gasteiger partial charge in [0.2, 0.25) is 0 Å². The highest BCUT2D eigenvalue weighted by atomic mass is 16.5. The standard InChI is InChI=1S/C19H25N3O2/c1-21(2)17-7-5-6-16(12-17)13-20-19(23)22(3)14-15-8-10-18(24-4)11-9-15/h5-12H,13-14H2,1-4H3,(H,20,23). The highest BCUT2D eigenvalue weighted by Crippen LogP contribution is 2.14. The van der Waals surface area contributed by atoms with Crippen molar-refractivity contribution in [1.29, 1.82) is 0 Å². The number of methoxy groups -OCH3 is 1. The number of rotatable bonds is 6. The molecule has 5 nitrogen and oxygen atoms in total. The minimum absolute atomic E-state index is 0.0962. The van der Waals surface area contributed by atoms with E-state index in [0.29, 0.717) is 13.1 Å². The van der Waals surface area contributed by atoms with Gasteiger partial charge in [0.25, 0.3) is 0 Å². The van der Waals surface area contributed by atoms with Gasteiger partial charge in [-0.1, -0.05) is 24.3 Å². The Morgan fingerprint density at radius 2 is 1.75 bits per heavy atom. The first-order valence-corrected chi connectivity index (χ1v) is 7.87. The molecule has 0 aliphatic carbocycles. The summed E-state index contributed by atoms with van der Waals surface area (Å²) < 4.78 is 5.14. The van der Waals surface area contributed by atoms with E-state index in [2.05, 4.69) is 11.4 Å². The Morgan fingerprint density at radius 1 is 1.04 bits per heavy atom. The Kier molecular flexibility index (Phi) is 6.07. The van der Waals surface area contributed by atoms with Crippen molar-refractivity contribution in [3.63, 3.8) is 0 Å². The number of nitrogens with zero attached hydrogens (tertiary/aromatic N) is 2. The molecule has 1 N–H and O–H groups in total. The maximum atomic E-state index is 12.2. The predicted molar refractivity (Wildman–Crippen MR) is 97.5 cm³/mol. The third-order valence-electron chi connectivity index (χ3n) is 3.80. The lowest BCUT2D eigenvalue weighted by Crippen LogP contribution is -2.36. The molecule has 0 heterocycles. The number of benzene rings is 2. The molecule has 2 amide bonds. The Morgan fingerprint density at radius 3 is 2.38 bits per heavy atom. The Hall–Kier alpha value is -2.69. The first kappa shape index (κ1) is 17.7. The summed E-state index contributed by atoms with van der Waals surface area (Å²) in [6.45, 7) is 1.06. The van der Waals surface area contributed by atoms with E-state index in [1.165, 1.54) is 0 Å². The topological polar surface area (TPSA) is 44.8 Å². The van der Waals surface area contributed by atoms with Crippen LogP contribution < -0.4 is 15.0 Å². The molecule has 24 heavy (non-hydrogen) atoms. The van der Waals surface area contributed by atoms with Gasteiger partial charge >= 0.3 is 6.03 Å². The lowest BCUT2D eigenvalue weighted by atomic mass is 10.2. The lowest BCUT2D eigenvalue weighted by molar-refractivity contribution is 0.206. The number of carbonyl (C=O) groups is 1. The SMILES string of the molecule is COc1ccc(CN(C)C(=O)NCc2cccc(N(C)C)c2)cc1. The van der Waals surface area contributed by atoms with Gasteiger partial charge in [-0.15, -0.1) is 0 Å². The van der Waals surface area contributed by atoms with Crippen LogP contribution in [0.4, 0.5) is 10.5 Å². The summed E-state index contributed by atoms with van der Waals surface area (Å²) in [4.78, 5) is 15.9. The van der Waals surface area contributed by atoms with Crippen molar-refractivity contribution < 1.29 is 9.53 Å². The molecule has 0 saturated carbocycles. The average Bonchev–Trinajstić information content (AvgIpc) is 2.60. The molecule has 0 unspecified atom stereocenters. The number of amides is 2. The number of nitrogens with one attached hydrogen (secondary N) is 1. The zero-order chi connectivity index (χ0) is 17.5. The number of hydrogen-bond acceptors (Lipinski definition) is 3. The number of ether oxygens (including phenoxy) is 1. The summed E-state index contributed by atoms with van der Waals surface area (Å²) in [5.74, 6) is 0.812. The summed E-state index contributed by atoms with van der Waals surface area (Å²) >= 11 is 0. The molecular formula is C19H25N3O2. The molecule has 0 saturated heterocycles. The minimum Gasteiger partial charge on any atom is -0.497 e. The summed E-state index contributed by atoms with van der Waals surface area (Å²) in [6, 6.07) is 15.7. The molecule has 0 atom stereocenters. The van der Waals surface area contributed by atoms with Crippen molar-refractivity contribution in [2.24, 2.45) is 0 Å². The fourth-order valence-corrected chi connectivity index (χ4v) is 2.33. The van der Waals surface area contributed by atoms with Gasteiger partial charge in [0.1, 0.15) is 5.75 Å². The highest BCUT2D eigenvalue weighted by Gasteiger charge is 2.09. The summed E-state index contributed by atoms with van der Waals surface area (Å²) in [7, 11) is 7.43. The van der Waals surface area contributed by atoms with Gasteiger partial charge in [0.05, 0.1) is 7.11 Å². The van der Waals surface area contributed by atoms with Crippen LogP contribution in [0.15, 0.2) is 48.5 Å². The van der Waals surface area contributed by atoms with E-state index in [4.69, 9.17) is 4.74 Å². The fourth-order valence-electron chi connectivity index (χ4n) is 2.33. The molecule has 0 fully saturated rings. The molecule has 2 aromatic carbocycles. The van der Waals surface area contributed by atoms with Crippen LogP contribution in [-0.2, 0) is 13.1 Å². The highest BCUT2D eigenvalue weighted by molar-refractivity contribution is 5.73. The number of hydrogen-bond donors (Lipinski definition) is 1. The van der Waals surface area contributed by atoms with Crippen molar-refractivity contribution in [1.82, 2.24) is 10.2 Å². The minimum atomic E-state index is -0.0962. The predicted octanol–water partition coefficient (Wildman–Crippen LogP) is 3.10. The number of carbonyl (C=O) groups excluding carboxylic acids is 1. The monoisotopic (exact) mass is 327 g/mol. The quantitative estimate of drug-likeness (QED) is 0.887. The smallest absolute Gasteiger partial charge is 0.317 e. The second-order valence-corrected chi connectivity index (χ2v) is 5.93. The normalized spacial score (nSPS) is 10.2. The van der Waals surface area contributed by atoms with Gasteiger partial charge in [-0.25, -0.2) is 4.79 Å². The van der Waals surface area contributed by atoms with Crippen LogP contribution in [0.25, 0.3) is 0 Å². The van der Waals surface area contributed by atoms with Crippen molar-refractivity contribution in [3.05, 3.63) is 59.7 Å². The van der Waals surface area contributed by atoms with E-state index < -0.39 is 0 Å². The summed E-state index contributed by atoms with van der Waals surface area (Å²) in [5, 5.41) is 2.95. The third kappa shape index (κ3) is 4.91. The van der Waals surface area contributed by atoms with E-state index in [0.717, 1.165) is 22.6 Å². The Balaban J connectivity index is 1.88. The average molecular weight is 327 g/mol. The lowest BCUT2D eigenvalue weighted by Gasteiger charge is -2.19. The van der Waals surface area contributed by atoms with Gasteiger partial charge in [-0.05, 0) is 35.4 Å². The molecule has 0 aromatic heterocycles. The van der Waals surface area contributed by atoms with Crippen LogP contribution in [0.5, 0.6) is 5.75 Å². The van der Waals surface area contributed by atoms with E-state index in [9.17, 15) is 4.79 Å². The van der Waals surface area contributed by atoms with Gasteiger partial charge in [-0.2, -0.15) is 0 Å². The maximum absolute atomic E-state index is 12.2. The van der Waals surface area contributed by atoms with Gasteiger partial charge in [-0.3, -0.25) is 0 Å². The first-order valence-electron chi connectivity index (χ1n) is 7.87. The first-order chi connectivity index (χ1) is 11.5. The molecule has 0 aliphatic rings. The molecule has 128 valence electrons. The van der Waals surface area contributed by atoms with Crippen LogP contribution in [0, 0.1) is 0 Å². The van der Waals surface area contributed by atoms with E-state index in [1.54, 1.807) is 19.1 Å². The van der Waals surface area contributed by atoms with Gasteiger partial charge in [0, 0.05) is 39.9 Å². The molecule has 5 heteroatoms. The van der Waals surface area contributed by atoms with Crippen LogP contribution in [0.2, 0.25) is 0 Å². The van der Waals surface area contributed by atoms with Gasteiger partial charge < -0.3 is 19.9 Å². The van der Waals surface area contributed by atoms with Crippen LogP contribution in [-0.4, -0.2) is 39.2 Å². The molecule has 2 aromatic rings. The molecule has 0 spiro atoms. The summed E-state index contributed by atoms with van der Waals surface area (Å²) in [6.07, 6.45) is 0. The zero-order valence-electron chi connectivity index (χ0n) is 14.7. The van der Waals surface area contributed by atoms with E-state index >= 15 is 0 Å². The molecule has 0 aliphatic heterocycles. The third-order valence-corrected chi connectivity index (χ3v) is 3.80. The summed E-state index contributed by atoms with van der Waals surface area (Å²) in [5.41, 5.74) is 3.25. The maximum Gasteiger partial charge on any atom is 0.317 e.